The lowest BCUT2D eigenvalue weighted by molar-refractivity contribution is 1.13. The van der Waals surface area contributed by atoms with Gasteiger partial charge in [0.25, 0.3) is 0 Å². The van der Waals surface area contributed by atoms with Crippen LogP contribution in [0, 0.1) is 6.92 Å². The highest BCUT2D eigenvalue weighted by Crippen LogP contribution is 2.38. The Hall–Kier alpha value is -6.06. The first-order valence-electron chi connectivity index (χ1n) is 15.8. The zero-order valence-corrected chi connectivity index (χ0v) is 25.5. The van der Waals surface area contributed by atoms with E-state index in [1.54, 1.807) is 0 Å². The molecule has 0 fully saturated rings. The summed E-state index contributed by atoms with van der Waals surface area (Å²) in [5, 5.41) is 8.87. The highest BCUT2D eigenvalue weighted by atomic mass is 15.0. The third-order valence-electron chi connectivity index (χ3n) is 9.22. The van der Waals surface area contributed by atoms with Crippen molar-refractivity contribution in [3.8, 4) is 22.5 Å². The number of hydrogen-bond donors (Lipinski definition) is 1. The minimum atomic E-state index is 1.03. The second-order valence-electron chi connectivity index (χ2n) is 12.0. The van der Waals surface area contributed by atoms with E-state index in [1.165, 1.54) is 60.3 Å². The molecular formula is C43H31N3. The molecular weight excluding hydrogens is 558 g/mol. The van der Waals surface area contributed by atoms with Gasteiger partial charge in [0.2, 0.25) is 0 Å². The molecule has 1 N–H and O–H groups in total. The Balaban J connectivity index is 1.33. The third-order valence-corrected chi connectivity index (χ3v) is 9.22. The molecule has 3 nitrogen and oxygen atoms in total. The van der Waals surface area contributed by atoms with Gasteiger partial charge in [-0.3, -0.25) is 0 Å². The lowest BCUT2D eigenvalue weighted by Gasteiger charge is -2.18. The molecule has 9 rings (SSSR count). The average molecular weight is 590 g/mol. The van der Waals surface area contributed by atoms with Crippen molar-refractivity contribution in [2.24, 2.45) is 0 Å². The van der Waals surface area contributed by atoms with Crippen LogP contribution in [0.4, 0.5) is 11.4 Å². The third kappa shape index (κ3) is 4.13. The summed E-state index contributed by atoms with van der Waals surface area (Å²) in [6.07, 6.45) is 0. The number of nitrogens with one attached hydrogen (secondary N) is 1. The number of rotatable bonds is 5. The zero-order chi connectivity index (χ0) is 30.6. The lowest BCUT2D eigenvalue weighted by Crippen LogP contribution is -2.02. The van der Waals surface area contributed by atoms with Crippen LogP contribution >= 0.6 is 0 Å². The molecule has 9 aromatic rings. The summed E-state index contributed by atoms with van der Waals surface area (Å²) in [6, 6.07) is 58.9. The Morgan fingerprint density at radius 2 is 0.783 bits per heavy atom. The number of benzene rings is 7. The quantitative estimate of drug-likeness (QED) is 0.212. The monoisotopic (exact) mass is 589 g/mol. The minimum Gasteiger partial charge on any atom is -0.355 e. The van der Waals surface area contributed by atoms with Gasteiger partial charge >= 0.3 is 0 Å². The van der Waals surface area contributed by atoms with E-state index in [9.17, 15) is 0 Å². The van der Waals surface area contributed by atoms with Crippen molar-refractivity contribution in [3.63, 3.8) is 0 Å². The van der Waals surface area contributed by atoms with E-state index in [0.717, 1.165) is 22.7 Å². The number of hydrogen-bond acceptors (Lipinski definition) is 1. The van der Waals surface area contributed by atoms with Crippen LogP contribution in [0.3, 0.4) is 0 Å². The van der Waals surface area contributed by atoms with Gasteiger partial charge in [-0.05, 0) is 66.6 Å². The molecule has 0 saturated heterocycles. The van der Waals surface area contributed by atoms with E-state index in [2.05, 4.69) is 185 Å². The summed E-state index contributed by atoms with van der Waals surface area (Å²) in [5.41, 5.74) is 12.7. The highest BCUT2D eigenvalue weighted by molar-refractivity contribution is 6.10. The maximum atomic E-state index is 3.87. The number of nitrogens with zero attached hydrogens (tertiary/aromatic N) is 2. The van der Waals surface area contributed by atoms with Gasteiger partial charge in [0, 0.05) is 38.5 Å². The molecule has 7 aromatic carbocycles. The maximum Gasteiger partial charge on any atom is 0.0541 e. The maximum absolute atomic E-state index is 3.87. The summed E-state index contributed by atoms with van der Waals surface area (Å²) in [6.45, 7) is 2.18. The van der Waals surface area contributed by atoms with Crippen molar-refractivity contribution >= 4 is 55.0 Å². The zero-order valence-electron chi connectivity index (χ0n) is 25.5. The van der Waals surface area contributed by atoms with Crippen LogP contribution in [0.15, 0.2) is 164 Å². The highest BCUT2D eigenvalue weighted by Gasteiger charge is 2.17. The molecule has 2 heterocycles. The normalized spacial score (nSPS) is 11.6. The van der Waals surface area contributed by atoms with Crippen molar-refractivity contribution in [2.75, 3.05) is 5.32 Å². The van der Waals surface area contributed by atoms with Crippen molar-refractivity contribution in [3.05, 3.63) is 169 Å². The SMILES string of the molecule is Cc1ccccc1-c1ccccc1Nc1cc(-n2c3ccccc3c3ccccc32)cc(-n2c3ccccc3c3ccccc32)c1. The molecule has 0 aliphatic rings. The van der Waals surface area contributed by atoms with Gasteiger partial charge in [0.05, 0.1) is 33.4 Å². The van der Waals surface area contributed by atoms with Gasteiger partial charge in [-0.15, -0.1) is 0 Å². The van der Waals surface area contributed by atoms with Crippen LogP contribution in [0.2, 0.25) is 0 Å². The molecule has 0 amide bonds. The Morgan fingerprint density at radius 3 is 1.26 bits per heavy atom. The van der Waals surface area contributed by atoms with Crippen molar-refractivity contribution in [1.82, 2.24) is 9.13 Å². The van der Waals surface area contributed by atoms with Crippen LogP contribution in [-0.4, -0.2) is 9.13 Å². The molecule has 218 valence electrons. The largest absolute Gasteiger partial charge is 0.355 e. The first kappa shape index (κ1) is 26.4. The molecule has 0 atom stereocenters. The number of aromatic nitrogens is 2. The van der Waals surface area contributed by atoms with Crippen LogP contribution < -0.4 is 5.32 Å². The Kier molecular flexibility index (Phi) is 6.04. The number of anilines is 2. The smallest absolute Gasteiger partial charge is 0.0541 e. The molecule has 0 bridgehead atoms. The topological polar surface area (TPSA) is 21.9 Å². The van der Waals surface area contributed by atoms with Gasteiger partial charge in [0.15, 0.2) is 0 Å². The summed E-state index contributed by atoms with van der Waals surface area (Å²) < 4.78 is 4.81. The lowest BCUT2D eigenvalue weighted by atomic mass is 9.99. The van der Waals surface area contributed by atoms with E-state index in [0.29, 0.717) is 0 Å². The summed E-state index contributed by atoms with van der Waals surface area (Å²) in [5.74, 6) is 0. The fraction of sp³-hybridized carbons (Fsp3) is 0.0233. The Morgan fingerprint density at radius 1 is 0.391 bits per heavy atom. The molecule has 46 heavy (non-hydrogen) atoms. The van der Waals surface area contributed by atoms with Gasteiger partial charge in [0.1, 0.15) is 0 Å². The summed E-state index contributed by atoms with van der Waals surface area (Å²) in [4.78, 5) is 0. The van der Waals surface area contributed by atoms with Gasteiger partial charge in [-0.1, -0.05) is 115 Å². The molecule has 2 aromatic heterocycles. The van der Waals surface area contributed by atoms with Crippen LogP contribution in [0.25, 0.3) is 66.1 Å². The first-order valence-corrected chi connectivity index (χ1v) is 15.8. The van der Waals surface area contributed by atoms with Crippen molar-refractivity contribution in [2.45, 2.75) is 6.92 Å². The van der Waals surface area contributed by atoms with E-state index in [1.807, 2.05) is 0 Å². The molecule has 0 unspecified atom stereocenters. The Labute approximate surface area is 267 Å². The van der Waals surface area contributed by atoms with Crippen molar-refractivity contribution in [1.29, 1.82) is 0 Å². The fourth-order valence-corrected chi connectivity index (χ4v) is 7.18. The second kappa shape index (κ2) is 10.5. The summed E-state index contributed by atoms with van der Waals surface area (Å²) >= 11 is 0. The number of aryl methyl sites for hydroxylation is 1. The van der Waals surface area contributed by atoms with E-state index in [4.69, 9.17) is 0 Å². The molecule has 0 spiro atoms. The predicted molar refractivity (Wildman–Crippen MR) is 195 cm³/mol. The minimum absolute atomic E-state index is 1.03. The average Bonchev–Trinajstić information content (AvgIpc) is 3.62. The Bertz CT molecular complexity index is 2340. The van der Waals surface area contributed by atoms with Gasteiger partial charge in [-0.25, -0.2) is 0 Å². The van der Waals surface area contributed by atoms with E-state index >= 15 is 0 Å². The van der Waals surface area contributed by atoms with Crippen LogP contribution in [-0.2, 0) is 0 Å². The second-order valence-corrected chi connectivity index (χ2v) is 12.0. The molecule has 0 aliphatic heterocycles. The fourth-order valence-electron chi connectivity index (χ4n) is 7.18. The first-order chi connectivity index (χ1) is 22.7. The molecule has 0 aliphatic carbocycles. The van der Waals surface area contributed by atoms with Crippen LogP contribution in [0.1, 0.15) is 5.56 Å². The molecule has 3 heteroatoms. The predicted octanol–water partition coefficient (Wildman–Crippen LogP) is 11.6. The van der Waals surface area contributed by atoms with Crippen molar-refractivity contribution < 1.29 is 0 Å². The van der Waals surface area contributed by atoms with Gasteiger partial charge < -0.3 is 14.5 Å². The molecule has 0 saturated carbocycles. The number of fused-ring (bicyclic) bond motifs is 6. The number of para-hydroxylation sites is 5. The van der Waals surface area contributed by atoms with Crippen LogP contribution in [0.5, 0.6) is 0 Å². The summed E-state index contributed by atoms with van der Waals surface area (Å²) in [7, 11) is 0. The van der Waals surface area contributed by atoms with Gasteiger partial charge in [-0.2, -0.15) is 0 Å². The van der Waals surface area contributed by atoms with E-state index in [-0.39, 0.29) is 0 Å². The van der Waals surface area contributed by atoms with E-state index < -0.39 is 0 Å². The molecule has 0 radical (unpaired) electrons. The standard InChI is InChI=1S/C43H31N3/c1-29-14-2-3-15-33(29)34-16-4-9-21-39(34)44-30-26-31(45-40-22-10-5-17-35(40)36-18-6-11-23-41(36)45)28-32(27-30)46-42-24-12-7-19-37(42)38-20-8-13-25-43(38)46/h2-28,44H,1H3.